The smallest absolute Gasteiger partial charge is 0.328 e. The van der Waals surface area contributed by atoms with Gasteiger partial charge in [-0.15, -0.1) is 0 Å². The van der Waals surface area contributed by atoms with E-state index in [1.165, 1.54) is 18.1 Å². The second-order valence-electron chi connectivity index (χ2n) is 9.72. The quantitative estimate of drug-likeness (QED) is 0.468. The summed E-state index contributed by atoms with van der Waals surface area (Å²) >= 11 is 0. The zero-order chi connectivity index (χ0) is 25.1. The summed E-state index contributed by atoms with van der Waals surface area (Å²) < 4.78 is 19.7. The van der Waals surface area contributed by atoms with E-state index in [0.717, 1.165) is 10.9 Å². The first-order valence-corrected chi connectivity index (χ1v) is 11.7. The van der Waals surface area contributed by atoms with Crippen molar-refractivity contribution in [3.63, 3.8) is 0 Å². The van der Waals surface area contributed by atoms with Gasteiger partial charge in [0.15, 0.2) is 11.6 Å². The molecule has 3 aromatic rings. The van der Waals surface area contributed by atoms with Crippen LogP contribution >= 0.6 is 0 Å². The zero-order valence-corrected chi connectivity index (χ0v) is 20.2. The molecule has 1 saturated heterocycles. The molecule has 2 aromatic carbocycles. The zero-order valence-electron chi connectivity index (χ0n) is 20.2. The van der Waals surface area contributed by atoms with Gasteiger partial charge in [0.2, 0.25) is 0 Å². The Balaban J connectivity index is 1.68. The Labute approximate surface area is 202 Å². The number of nitrogens with one attached hydrogen (secondary N) is 2. The van der Waals surface area contributed by atoms with Crippen LogP contribution in [0.25, 0.3) is 10.9 Å². The molecule has 0 unspecified atom stereocenters. The molecular weight excluding hydrogens is 451 g/mol. The van der Waals surface area contributed by atoms with E-state index < -0.39 is 17.4 Å². The van der Waals surface area contributed by atoms with Crippen molar-refractivity contribution < 1.29 is 23.8 Å². The van der Waals surface area contributed by atoms with Crippen LogP contribution in [0.3, 0.4) is 0 Å². The molecule has 2 aliphatic heterocycles. The molecule has 0 spiro atoms. The number of carbonyl (C=O) groups is 2. The molecule has 0 aliphatic carbocycles. The molecular formula is C26H29FN4O4. The number of hydrogen-bond donors (Lipinski definition) is 3. The number of ether oxygens (including phenoxy) is 1. The summed E-state index contributed by atoms with van der Waals surface area (Å²) in [6.45, 7) is 6.53. The van der Waals surface area contributed by atoms with Crippen molar-refractivity contribution in [1.29, 1.82) is 0 Å². The summed E-state index contributed by atoms with van der Waals surface area (Å²) in [5.41, 5.74) is 1.59. The largest absolute Gasteiger partial charge is 0.508 e. The summed E-state index contributed by atoms with van der Waals surface area (Å²) in [4.78, 5) is 33.7. The molecule has 1 aromatic heterocycles. The Kier molecular flexibility index (Phi) is 5.47. The average Bonchev–Trinajstić information content (AvgIpc) is 3.23. The molecule has 0 saturated carbocycles. The van der Waals surface area contributed by atoms with Gasteiger partial charge < -0.3 is 20.1 Å². The number of aromatic amines is 1. The minimum Gasteiger partial charge on any atom is -0.508 e. The van der Waals surface area contributed by atoms with Crippen LogP contribution in [0.1, 0.15) is 43.6 Å². The Morgan fingerprint density at radius 1 is 1.29 bits per heavy atom. The lowest BCUT2D eigenvalue weighted by Crippen LogP contribution is -2.53. The maximum Gasteiger partial charge on any atom is 0.328 e. The van der Waals surface area contributed by atoms with Crippen LogP contribution in [0.4, 0.5) is 9.18 Å². The summed E-state index contributed by atoms with van der Waals surface area (Å²) in [5.74, 6) is -0.616. The topological polar surface area (TPSA) is 97.9 Å². The third-order valence-corrected chi connectivity index (χ3v) is 7.01. The Hall–Kier alpha value is -3.59. The molecule has 8 nitrogen and oxygen atoms in total. The SMILES string of the molecule is COc1cc2c3c([nH]c2cc1F)[C@@H](c1cccc(O)c1)N1C(=O)N(CCNC(C)C)C(=O)[C@]1(C)C3. The molecule has 9 heteroatoms. The minimum atomic E-state index is -1.14. The Morgan fingerprint density at radius 3 is 2.74 bits per heavy atom. The van der Waals surface area contributed by atoms with E-state index >= 15 is 0 Å². The number of imide groups is 1. The van der Waals surface area contributed by atoms with Crippen molar-refractivity contribution in [3.8, 4) is 11.5 Å². The number of carbonyl (C=O) groups excluding carboxylic acids is 2. The summed E-state index contributed by atoms with van der Waals surface area (Å²) in [6.07, 6.45) is 0.269. The van der Waals surface area contributed by atoms with E-state index in [-0.39, 0.29) is 42.4 Å². The van der Waals surface area contributed by atoms with E-state index in [1.54, 1.807) is 36.1 Å². The standard InChI is InChI=1S/C26H29FN4O4/c1-14(2)28-8-9-30-24(33)26(3)13-18-17-11-21(35-4)19(27)12-20(17)29-22(18)23(31(26)25(30)34)15-6-5-7-16(32)10-15/h5-7,10-12,14,23,28-29,32H,8-9,13H2,1-4H3/t23-,26+/m1/s1. The van der Waals surface area contributed by atoms with Crippen LogP contribution in [-0.2, 0) is 11.2 Å². The van der Waals surface area contributed by atoms with Crippen LogP contribution in [0.5, 0.6) is 11.5 Å². The summed E-state index contributed by atoms with van der Waals surface area (Å²) in [6, 6.07) is 8.83. The highest BCUT2D eigenvalue weighted by Crippen LogP contribution is 2.49. The van der Waals surface area contributed by atoms with Crippen LogP contribution < -0.4 is 10.1 Å². The number of phenols is 1. The molecule has 5 rings (SSSR count). The van der Waals surface area contributed by atoms with Crippen molar-refractivity contribution in [2.75, 3.05) is 20.2 Å². The first-order chi connectivity index (χ1) is 16.7. The highest BCUT2D eigenvalue weighted by atomic mass is 19.1. The van der Waals surface area contributed by atoms with Gasteiger partial charge in [-0.2, -0.15) is 0 Å². The van der Waals surface area contributed by atoms with Crippen LogP contribution in [-0.4, -0.2) is 63.6 Å². The normalized spacial score (nSPS) is 21.7. The molecule has 3 heterocycles. The molecule has 184 valence electrons. The lowest BCUT2D eigenvalue weighted by atomic mass is 9.81. The van der Waals surface area contributed by atoms with Gasteiger partial charge in [-0.05, 0) is 36.2 Å². The van der Waals surface area contributed by atoms with E-state index in [4.69, 9.17) is 4.74 Å². The van der Waals surface area contributed by atoms with Gasteiger partial charge in [0.1, 0.15) is 17.3 Å². The number of halogens is 1. The van der Waals surface area contributed by atoms with Gasteiger partial charge in [0, 0.05) is 48.2 Å². The second kappa shape index (κ2) is 8.27. The highest BCUT2D eigenvalue weighted by molar-refractivity contribution is 6.08. The number of rotatable bonds is 6. The third-order valence-electron chi connectivity index (χ3n) is 7.01. The molecule has 3 amide bonds. The summed E-state index contributed by atoms with van der Waals surface area (Å²) in [7, 11) is 1.41. The fourth-order valence-corrected chi connectivity index (χ4v) is 5.38. The molecule has 2 atom stereocenters. The number of nitrogens with zero attached hydrogens (tertiary/aromatic N) is 2. The number of methoxy groups -OCH3 is 1. The van der Waals surface area contributed by atoms with Crippen LogP contribution in [0, 0.1) is 5.82 Å². The van der Waals surface area contributed by atoms with Gasteiger partial charge in [0.25, 0.3) is 5.91 Å². The summed E-state index contributed by atoms with van der Waals surface area (Å²) in [5, 5.41) is 14.2. The maximum absolute atomic E-state index is 14.5. The van der Waals surface area contributed by atoms with E-state index in [9.17, 15) is 19.1 Å². The van der Waals surface area contributed by atoms with E-state index in [2.05, 4.69) is 10.3 Å². The van der Waals surface area contributed by atoms with Gasteiger partial charge in [-0.3, -0.25) is 14.6 Å². The minimum absolute atomic E-state index is 0.0520. The predicted octanol–water partition coefficient (Wildman–Crippen LogP) is 3.69. The van der Waals surface area contributed by atoms with Crippen molar-refractivity contribution in [2.24, 2.45) is 0 Å². The highest BCUT2D eigenvalue weighted by Gasteiger charge is 2.60. The van der Waals surface area contributed by atoms with Crippen LogP contribution in [0.15, 0.2) is 36.4 Å². The van der Waals surface area contributed by atoms with Gasteiger partial charge in [-0.1, -0.05) is 26.0 Å². The monoisotopic (exact) mass is 480 g/mol. The molecule has 3 N–H and O–H groups in total. The van der Waals surface area contributed by atoms with Crippen molar-refractivity contribution in [3.05, 3.63) is 59.0 Å². The van der Waals surface area contributed by atoms with Crippen molar-refractivity contribution in [1.82, 2.24) is 20.1 Å². The number of amides is 3. The third kappa shape index (κ3) is 3.53. The maximum atomic E-state index is 14.5. The lowest BCUT2D eigenvalue weighted by Gasteiger charge is -2.42. The number of fused-ring (bicyclic) bond motifs is 4. The molecule has 1 fully saturated rings. The van der Waals surface area contributed by atoms with Gasteiger partial charge in [0.05, 0.1) is 7.11 Å². The predicted molar refractivity (Wildman–Crippen MR) is 129 cm³/mol. The second-order valence-corrected chi connectivity index (χ2v) is 9.72. The average molecular weight is 481 g/mol. The number of benzene rings is 2. The number of aromatic nitrogens is 1. The first kappa shape index (κ1) is 23.2. The Bertz CT molecular complexity index is 1340. The molecule has 0 radical (unpaired) electrons. The molecule has 35 heavy (non-hydrogen) atoms. The van der Waals surface area contributed by atoms with E-state index in [1.807, 2.05) is 19.9 Å². The van der Waals surface area contributed by atoms with Crippen LogP contribution in [0.2, 0.25) is 0 Å². The number of aromatic hydroxyl groups is 1. The fraction of sp³-hybridized carbons (Fsp3) is 0.385. The van der Waals surface area contributed by atoms with Gasteiger partial charge in [-0.25, -0.2) is 9.18 Å². The number of phenolic OH excluding ortho intramolecular Hbond substituents is 1. The van der Waals surface area contributed by atoms with E-state index in [0.29, 0.717) is 23.3 Å². The number of hydrogen-bond acceptors (Lipinski definition) is 5. The van der Waals surface area contributed by atoms with Crippen molar-refractivity contribution >= 4 is 22.8 Å². The first-order valence-electron chi connectivity index (χ1n) is 11.7. The lowest BCUT2D eigenvalue weighted by molar-refractivity contribution is -0.133. The van der Waals surface area contributed by atoms with Crippen molar-refractivity contribution in [2.45, 2.75) is 44.8 Å². The number of H-pyrrole nitrogens is 1. The molecule has 2 aliphatic rings. The Morgan fingerprint density at radius 2 is 2.06 bits per heavy atom. The number of urea groups is 1. The fourth-order valence-electron chi connectivity index (χ4n) is 5.38. The van der Waals surface area contributed by atoms with Gasteiger partial charge >= 0.3 is 6.03 Å². The molecule has 0 bridgehead atoms.